The van der Waals surface area contributed by atoms with Crippen LogP contribution in [0.25, 0.3) is 0 Å². The van der Waals surface area contributed by atoms with Crippen molar-refractivity contribution < 1.29 is 19.1 Å². The fourth-order valence-corrected chi connectivity index (χ4v) is 3.91. The third kappa shape index (κ3) is 6.85. The molecule has 186 valence electrons. The number of hydrazone groups is 1. The van der Waals surface area contributed by atoms with Gasteiger partial charge >= 0.3 is 6.03 Å². The number of nitrogens with one attached hydrogen (secondary N) is 2. The Bertz CT molecular complexity index is 1190. The molecule has 1 aliphatic heterocycles. The summed E-state index contributed by atoms with van der Waals surface area (Å²) >= 11 is 0. The molecule has 2 N–H and O–H groups in total. The number of benzene rings is 3. The number of hydrogen-bond donors (Lipinski definition) is 2. The predicted octanol–water partition coefficient (Wildman–Crippen LogP) is 5.06. The van der Waals surface area contributed by atoms with Gasteiger partial charge in [-0.3, -0.25) is 4.79 Å². The van der Waals surface area contributed by atoms with Crippen LogP contribution in [-0.4, -0.2) is 43.3 Å². The maximum absolute atomic E-state index is 12.6. The quantitative estimate of drug-likeness (QED) is 0.344. The molecule has 0 spiro atoms. The summed E-state index contributed by atoms with van der Waals surface area (Å²) in [6, 6.07) is 21.6. The maximum Gasteiger partial charge on any atom is 0.339 e. The van der Waals surface area contributed by atoms with Crippen LogP contribution in [0.5, 0.6) is 11.5 Å². The number of rotatable bonds is 8. The van der Waals surface area contributed by atoms with E-state index in [-0.39, 0.29) is 5.91 Å². The molecule has 1 saturated heterocycles. The van der Waals surface area contributed by atoms with Crippen LogP contribution in [0.4, 0.5) is 10.5 Å². The molecule has 8 heteroatoms. The Hall–Kier alpha value is -4.33. The Balaban J connectivity index is 1.30. The van der Waals surface area contributed by atoms with Gasteiger partial charge in [0.1, 0.15) is 6.61 Å². The van der Waals surface area contributed by atoms with Crippen molar-refractivity contribution in [1.82, 2.24) is 10.3 Å². The van der Waals surface area contributed by atoms with E-state index >= 15 is 0 Å². The smallest absolute Gasteiger partial charge is 0.339 e. The molecular weight excluding hydrogens is 456 g/mol. The molecule has 0 radical (unpaired) electrons. The minimum absolute atomic E-state index is 0.0909. The summed E-state index contributed by atoms with van der Waals surface area (Å²) in [4.78, 5) is 26.5. The maximum atomic E-state index is 12.6. The molecule has 0 unspecified atom stereocenters. The van der Waals surface area contributed by atoms with Crippen LogP contribution in [0.1, 0.15) is 40.7 Å². The van der Waals surface area contributed by atoms with E-state index < -0.39 is 6.03 Å². The van der Waals surface area contributed by atoms with Gasteiger partial charge in [0.2, 0.25) is 0 Å². The van der Waals surface area contributed by atoms with Gasteiger partial charge in [0.25, 0.3) is 5.91 Å². The van der Waals surface area contributed by atoms with Gasteiger partial charge in [-0.1, -0.05) is 30.3 Å². The highest BCUT2D eigenvalue weighted by Crippen LogP contribution is 2.28. The number of anilines is 1. The molecule has 0 bridgehead atoms. The lowest BCUT2D eigenvalue weighted by atomic mass is 10.1. The van der Waals surface area contributed by atoms with Crippen LogP contribution in [0.2, 0.25) is 0 Å². The highest BCUT2D eigenvalue weighted by molar-refractivity contribution is 5.94. The Kier molecular flexibility index (Phi) is 8.53. The fourth-order valence-electron chi connectivity index (χ4n) is 3.91. The molecule has 0 aromatic heterocycles. The first kappa shape index (κ1) is 24.8. The first-order valence-corrected chi connectivity index (χ1v) is 12.0. The van der Waals surface area contributed by atoms with Crippen molar-refractivity contribution in [2.75, 3.05) is 25.5 Å². The summed E-state index contributed by atoms with van der Waals surface area (Å²) in [6.07, 6.45) is 4.86. The number of carbonyl (C=O) groups is 2. The van der Waals surface area contributed by atoms with E-state index in [2.05, 4.69) is 15.8 Å². The van der Waals surface area contributed by atoms with Gasteiger partial charge in [-0.25, -0.2) is 10.2 Å². The van der Waals surface area contributed by atoms with E-state index in [9.17, 15) is 9.59 Å². The summed E-state index contributed by atoms with van der Waals surface area (Å²) in [5.41, 5.74) is 5.50. The van der Waals surface area contributed by atoms with Crippen LogP contribution in [0.3, 0.4) is 0 Å². The summed E-state index contributed by atoms with van der Waals surface area (Å²) < 4.78 is 11.4. The zero-order chi connectivity index (χ0) is 25.2. The molecule has 0 atom stereocenters. The van der Waals surface area contributed by atoms with Gasteiger partial charge in [0, 0.05) is 24.3 Å². The monoisotopic (exact) mass is 486 g/mol. The average molecular weight is 487 g/mol. The molecule has 0 aliphatic carbocycles. The first-order valence-electron chi connectivity index (χ1n) is 12.0. The molecule has 3 aromatic rings. The van der Waals surface area contributed by atoms with Crippen molar-refractivity contribution in [3.8, 4) is 11.5 Å². The second kappa shape index (κ2) is 12.4. The molecular formula is C28H30N4O4. The van der Waals surface area contributed by atoms with Gasteiger partial charge < -0.3 is 19.7 Å². The molecule has 3 amide bonds. The average Bonchev–Trinajstić information content (AvgIpc) is 2.93. The largest absolute Gasteiger partial charge is 0.493 e. The number of amides is 3. The van der Waals surface area contributed by atoms with Crippen molar-refractivity contribution in [3.05, 3.63) is 89.5 Å². The van der Waals surface area contributed by atoms with E-state index in [0.29, 0.717) is 29.4 Å². The van der Waals surface area contributed by atoms with Crippen LogP contribution in [-0.2, 0) is 6.61 Å². The van der Waals surface area contributed by atoms with E-state index in [4.69, 9.17) is 9.47 Å². The van der Waals surface area contributed by atoms with Crippen molar-refractivity contribution in [1.29, 1.82) is 0 Å². The van der Waals surface area contributed by atoms with Gasteiger partial charge in [0.15, 0.2) is 11.5 Å². The minimum atomic E-state index is -0.437. The molecule has 1 fully saturated rings. The Morgan fingerprint density at radius 1 is 0.944 bits per heavy atom. The minimum Gasteiger partial charge on any atom is -0.493 e. The molecule has 4 rings (SSSR count). The number of ether oxygens (including phenoxy) is 2. The number of piperidine rings is 1. The normalized spacial score (nSPS) is 13.3. The SMILES string of the molecule is COc1cc(/C=N/NC(=O)Nc2ccccc2)ccc1OCc1ccc(C(=O)N2CCCCC2)cc1. The fraction of sp³-hybridized carbons (Fsp3) is 0.250. The lowest BCUT2D eigenvalue weighted by Crippen LogP contribution is -2.35. The van der Waals surface area contributed by atoms with Gasteiger partial charge in [-0.05, 0) is 72.9 Å². The van der Waals surface area contributed by atoms with Crippen molar-refractivity contribution >= 4 is 23.8 Å². The Labute approximate surface area is 210 Å². The number of para-hydroxylation sites is 1. The number of likely N-dealkylation sites (tertiary alicyclic amines) is 1. The number of methoxy groups -OCH3 is 1. The standard InChI is InChI=1S/C28H30N4O4/c1-35-26-18-22(19-29-31-28(34)30-24-8-4-2-5-9-24)12-15-25(26)36-20-21-10-13-23(14-11-21)27(33)32-16-6-3-7-17-32/h2,4-5,8-15,18-19H,3,6-7,16-17,20H2,1H3,(H2,30,31,34)/b29-19+. The first-order chi connectivity index (χ1) is 17.6. The van der Waals surface area contributed by atoms with Crippen LogP contribution < -0.4 is 20.2 Å². The molecule has 0 saturated carbocycles. The van der Waals surface area contributed by atoms with Gasteiger partial charge in [-0.2, -0.15) is 5.10 Å². The van der Waals surface area contributed by atoms with Crippen LogP contribution in [0.15, 0.2) is 77.9 Å². The lowest BCUT2D eigenvalue weighted by Gasteiger charge is -2.26. The number of nitrogens with zero attached hydrogens (tertiary/aromatic N) is 2. The van der Waals surface area contributed by atoms with Crippen molar-refractivity contribution in [2.24, 2.45) is 5.10 Å². The van der Waals surface area contributed by atoms with Gasteiger partial charge in [0.05, 0.1) is 13.3 Å². The third-order valence-electron chi connectivity index (χ3n) is 5.84. The number of urea groups is 1. The summed E-state index contributed by atoms with van der Waals surface area (Å²) in [7, 11) is 1.57. The second-order valence-corrected chi connectivity index (χ2v) is 8.44. The van der Waals surface area contributed by atoms with Crippen molar-refractivity contribution in [3.63, 3.8) is 0 Å². The number of hydrogen-bond acceptors (Lipinski definition) is 5. The summed E-state index contributed by atoms with van der Waals surface area (Å²) in [5.74, 6) is 1.22. The van der Waals surface area contributed by atoms with E-state index in [0.717, 1.165) is 37.1 Å². The van der Waals surface area contributed by atoms with Crippen LogP contribution >= 0.6 is 0 Å². The Morgan fingerprint density at radius 2 is 1.69 bits per heavy atom. The highest BCUT2D eigenvalue weighted by atomic mass is 16.5. The predicted molar refractivity (Wildman–Crippen MR) is 140 cm³/mol. The number of carbonyl (C=O) groups excluding carboxylic acids is 2. The molecule has 1 aliphatic rings. The van der Waals surface area contributed by atoms with Crippen molar-refractivity contribution in [2.45, 2.75) is 25.9 Å². The summed E-state index contributed by atoms with van der Waals surface area (Å²) in [6.45, 7) is 2.01. The molecule has 8 nitrogen and oxygen atoms in total. The zero-order valence-electron chi connectivity index (χ0n) is 20.3. The lowest BCUT2D eigenvalue weighted by molar-refractivity contribution is 0.0724. The van der Waals surface area contributed by atoms with E-state index in [1.165, 1.54) is 12.6 Å². The Morgan fingerprint density at radius 3 is 2.42 bits per heavy atom. The molecule has 1 heterocycles. The zero-order valence-corrected chi connectivity index (χ0v) is 20.3. The van der Waals surface area contributed by atoms with Crippen LogP contribution in [0, 0.1) is 0 Å². The van der Waals surface area contributed by atoms with E-state index in [1.807, 2.05) is 53.4 Å². The molecule has 36 heavy (non-hydrogen) atoms. The second-order valence-electron chi connectivity index (χ2n) is 8.44. The molecule has 3 aromatic carbocycles. The summed E-state index contributed by atoms with van der Waals surface area (Å²) in [5, 5.41) is 6.67. The topological polar surface area (TPSA) is 92.3 Å². The highest BCUT2D eigenvalue weighted by Gasteiger charge is 2.18. The van der Waals surface area contributed by atoms with E-state index in [1.54, 1.807) is 31.4 Å². The third-order valence-corrected chi connectivity index (χ3v) is 5.84. The van der Waals surface area contributed by atoms with Gasteiger partial charge in [-0.15, -0.1) is 0 Å².